The van der Waals surface area contributed by atoms with Crippen LogP contribution in [0.5, 0.6) is 0 Å². The summed E-state index contributed by atoms with van der Waals surface area (Å²) in [7, 11) is -2.95. The number of carbonyl (C=O) groups is 2. The van der Waals surface area contributed by atoms with Crippen LogP contribution in [0.15, 0.2) is 18.2 Å². The summed E-state index contributed by atoms with van der Waals surface area (Å²) < 4.78 is 22.6. The van der Waals surface area contributed by atoms with E-state index >= 15 is 0 Å². The Morgan fingerprint density at radius 1 is 1.41 bits per heavy atom. The Kier molecular flexibility index (Phi) is 5.36. The number of rotatable bonds is 5. The Labute approximate surface area is 137 Å². The number of anilines is 1. The molecule has 0 aromatic heterocycles. The molecule has 1 aromatic rings. The van der Waals surface area contributed by atoms with Gasteiger partial charge in [-0.1, -0.05) is 11.6 Å². The molecule has 0 aliphatic carbocycles. The molecule has 1 unspecified atom stereocenters. The van der Waals surface area contributed by atoms with E-state index in [0.29, 0.717) is 12.1 Å². The van der Waals surface area contributed by atoms with Gasteiger partial charge < -0.3 is 10.4 Å². The summed E-state index contributed by atoms with van der Waals surface area (Å²) in [6.45, 7) is 0. The monoisotopic (exact) mass is 363 g/mol. The van der Waals surface area contributed by atoms with Crippen LogP contribution < -0.4 is 5.32 Å². The molecule has 1 aliphatic heterocycles. The van der Waals surface area contributed by atoms with Gasteiger partial charge in [-0.25, -0.2) is 13.2 Å². The largest absolute Gasteiger partial charge is 0.478 e. The minimum absolute atomic E-state index is 0.0368. The summed E-state index contributed by atoms with van der Waals surface area (Å²) in [6, 6.07) is 4.14. The highest BCUT2D eigenvalue weighted by atomic mass is 35.5. The van der Waals surface area contributed by atoms with Crippen LogP contribution in [0.2, 0.25) is 5.02 Å². The highest BCUT2D eigenvalue weighted by molar-refractivity contribution is 8.02. The second-order valence-corrected chi connectivity index (χ2v) is 8.81. The van der Waals surface area contributed by atoms with Gasteiger partial charge in [0.25, 0.3) is 0 Å². The Morgan fingerprint density at radius 3 is 2.68 bits per heavy atom. The van der Waals surface area contributed by atoms with Crippen LogP contribution in [0.25, 0.3) is 0 Å². The lowest BCUT2D eigenvalue weighted by atomic mass is 10.2. The molecule has 0 spiro atoms. The summed E-state index contributed by atoms with van der Waals surface area (Å²) in [5, 5.41) is 11.5. The van der Waals surface area contributed by atoms with Crippen LogP contribution in [-0.2, 0) is 14.6 Å². The predicted octanol–water partition coefficient (Wildman–Crippen LogP) is 1.90. The van der Waals surface area contributed by atoms with Crippen molar-refractivity contribution in [2.45, 2.75) is 11.7 Å². The third kappa shape index (κ3) is 4.62. The lowest BCUT2D eigenvalue weighted by Crippen LogP contribution is -2.17. The number of carbonyl (C=O) groups excluding carboxylic acids is 1. The van der Waals surface area contributed by atoms with E-state index < -0.39 is 15.8 Å². The molecule has 1 heterocycles. The Balaban J connectivity index is 1.87. The number of hydrogen-bond donors (Lipinski definition) is 2. The van der Waals surface area contributed by atoms with E-state index in [1.807, 2.05) is 0 Å². The van der Waals surface area contributed by atoms with Crippen molar-refractivity contribution in [3.8, 4) is 0 Å². The van der Waals surface area contributed by atoms with E-state index in [1.165, 1.54) is 30.0 Å². The molecule has 1 amide bonds. The molecule has 1 aliphatic rings. The highest BCUT2D eigenvalue weighted by Gasteiger charge is 2.28. The molecule has 1 fully saturated rings. The first-order chi connectivity index (χ1) is 10.3. The van der Waals surface area contributed by atoms with Crippen LogP contribution in [0.4, 0.5) is 5.69 Å². The van der Waals surface area contributed by atoms with Crippen molar-refractivity contribution in [3.63, 3.8) is 0 Å². The molecule has 6 nitrogen and oxygen atoms in total. The number of carboxylic acids is 1. The van der Waals surface area contributed by atoms with Gasteiger partial charge >= 0.3 is 5.97 Å². The number of halogens is 1. The first kappa shape index (κ1) is 17.1. The molecule has 22 heavy (non-hydrogen) atoms. The van der Waals surface area contributed by atoms with Gasteiger partial charge in [0, 0.05) is 10.9 Å². The molecular weight excluding hydrogens is 350 g/mol. The van der Waals surface area contributed by atoms with Gasteiger partial charge in [0.1, 0.15) is 0 Å². The minimum atomic E-state index is -2.95. The second kappa shape index (κ2) is 6.89. The molecule has 1 saturated heterocycles. The molecule has 0 radical (unpaired) electrons. The van der Waals surface area contributed by atoms with Gasteiger partial charge in [-0.15, -0.1) is 11.8 Å². The third-order valence-electron chi connectivity index (χ3n) is 3.12. The van der Waals surface area contributed by atoms with Crippen molar-refractivity contribution in [3.05, 3.63) is 28.8 Å². The fourth-order valence-electron chi connectivity index (χ4n) is 2.05. The molecule has 1 atom stereocenters. The van der Waals surface area contributed by atoms with E-state index in [1.54, 1.807) is 0 Å². The summed E-state index contributed by atoms with van der Waals surface area (Å²) in [6.07, 6.45) is 0.569. The number of carboxylic acid groups (broad SMARTS) is 1. The quantitative estimate of drug-likeness (QED) is 0.828. The first-order valence-electron chi connectivity index (χ1n) is 6.41. The summed E-state index contributed by atoms with van der Waals surface area (Å²) >= 11 is 7.12. The van der Waals surface area contributed by atoms with Crippen molar-refractivity contribution in [1.29, 1.82) is 0 Å². The van der Waals surface area contributed by atoms with E-state index in [0.717, 1.165) is 0 Å². The lowest BCUT2D eigenvalue weighted by Gasteiger charge is -2.09. The van der Waals surface area contributed by atoms with Crippen molar-refractivity contribution in [2.75, 3.05) is 22.6 Å². The van der Waals surface area contributed by atoms with Gasteiger partial charge in [-0.2, -0.15) is 0 Å². The average Bonchev–Trinajstić information content (AvgIpc) is 2.76. The van der Waals surface area contributed by atoms with E-state index in [9.17, 15) is 18.0 Å². The smallest absolute Gasteiger partial charge is 0.337 e. The average molecular weight is 364 g/mol. The number of aromatic carboxylic acids is 1. The maximum Gasteiger partial charge on any atom is 0.337 e. The Bertz CT molecular complexity index is 704. The molecule has 2 rings (SSSR count). The molecule has 0 bridgehead atoms. The summed E-state index contributed by atoms with van der Waals surface area (Å²) in [5.74, 6) is -0.990. The summed E-state index contributed by atoms with van der Waals surface area (Å²) in [4.78, 5) is 22.7. The summed E-state index contributed by atoms with van der Waals surface area (Å²) in [5.41, 5.74) is 0.366. The minimum Gasteiger partial charge on any atom is -0.478 e. The van der Waals surface area contributed by atoms with Crippen molar-refractivity contribution >= 4 is 50.8 Å². The number of thioether (sulfide) groups is 1. The molecule has 9 heteroatoms. The second-order valence-electron chi connectivity index (χ2n) is 4.88. The zero-order valence-electron chi connectivity index (χ0n) is 11.4. The fourth-order valence-corrected chi connectivity index (χ4v) is 5.75. The maximum absolute atomic E-state index is 11.8. The third-order valence-corrected chi connectivity index (χ3v) is 6.72. The van der Waals surface area contributed by atoms with Crippen LogP contribution in [0, 0.1) is 0 Å². The number of nitrogens with one attached hydrogen (secondary N) is 1. The van der Waals surface area contributed by atoms with Crippen molar-refractivity contribution in [1.82, 2.24) is 0 Å². The lowest BCUT2D eigenvalue weighted by molar-refractivity contribution is -0.113. The molecule has 120 valence electrons. The van der Waals surface area contributed by atoms with E-state index in [4.69, 9.17) is 16.7 Å². The highest BCUT2D eigenvalue weighted by Crippen LogP contribution is 2.25. The van der Waals surface area contributed by atoms with Crippen molar-refractivity contribution < 1.29 is 23.1 Å². The molecule has 0 saturated carbocycles. The van der Waals surface area contributed by atoms with Gasteiger partial charge in [-0.3, -0.25) is 4.79 Å². The number of sulfone groups is 1. The van der Waals surface area contributed by atoms with Gasteiger partial charge in [0.05, 0.1) is 27.8 Å². The topological polar surface area (TPSA) is 101 Å². The van der Waals surface area contributed by atoms with Crippen LogP contribution in [0.1, 0.15) is 16.8 Å². The van der Waals surface area contributed by atoms with Crippen LogP contribution in [-0.4, -0.2) is 47.9 Å². The fraction of sp³-hybridized carbons (Fsp3) is 0.385. The Morgan fingerprint density at radius 2 is 2.14 bits per heavy atom. The number of hydrogen-bond acceptors (Lipinski definition) is 5. The van der Waals surface area contributed by atoms with E-state index in [-0.39, 0.29) is 39.0 Å². The van der Waals surface area contributed by atoms with Gasteiger partial charge in [-0.05, 0) is 24.6 Å². The molecule has 1 aromatic carbocycles. The number of benzene rings is 1. The van der Waals surface area contributed by atoms with Gasteiger partial charge in [0.15, 0.2) is 9.84 Å². The van der Waals surface area contributed by atoms with Gasteiger partial charge in [0.2, 0.25) is 5.91 Å². The SMILES string of the molecule is O=C(CSC1CCS(=O)(=O)C1)Nc1ccc(C(=O)O)c(Cl)c1. The van der Waals surface area contributed by atoms with E-state index in [2.05, 4.69) is 5.32 Å². The van der Waals surface area contributed by atoms with Crippen LogP contribution >= 0.6 is 23.4 Å². The zero-order valence-corrected chi connectivity index (χ0v) is 13.8. The normalized spacial score (nSPS) is 19.8. The maximum atomic E-state index is 11.8. The molecule has 2 N–H and O–H groups in total. The van der Waals surface area contributed by atoms with Crippen LogP contribution in [0.3, 0.4) is 0 Å². The zero-order chi connectivity index (χ0) is 16.3. The number of amides is 1. The predicted molar refractivity (Wildman–Crippen MR) is 86.6 cm³/mol. The first-order valence-corrected chi connectivity index (χ1v) is 9.66. The Hall–Kier alpha value is -1.25. The molecular formula is C13H14ClNO5S2. The standard InChI is InChI=1S/C13H14ClNO5S2/c14-11-5-8(1-2-10(11)13(17)18)15-12(16)6-21-9-3-4-22(19,20)7-9/h1-2,5,9H,3-4,6-7H2,(H,15,16)(H,17,18). The van der Waals surface area contributed by atoms with Crippen molar-refractivity contribution in [2.24, 2.45) is 0 Å².